The van der Waals surface area contributed by atoms with Crippen LogP contribution in [0.4, 0.5) is 18.9 Å². The second-order valence-electron chi connectivity index (χ2n) is 6.71. The Morgan fingerprint density at radius 1 is 1.08 bits per heavy atom. The van der Waals surface area contributed by atoms with Crippen molar-refractivity contribution in [1.29, 1.82) is 0 Å². The Bertz CT molecular complexity index is 843. The minimum absolute atomic E-state index is 0.0582. The first-order chi connectivity index (χ1) is 12.5. The maximum atomic E-state index is 13.6. The van der Waals surface area contributed by atoms with Gasteiger partial charge in [0.2, 0.25) is 0 Å². The average molecular weight is 359 g/mol. The Morgan fingerprint density at radius 3 is 2.62 bits per heavy atom. The molecule has 0 radical (unpaired) electrons. The molecule has 26 heavy (non-hydrogen) atoms. The summed E-state index contributed by atoms with van der Waals surface area (Å²) in [6.07, 6.45) is 0.568. The molecule has 0 fully saturated rings. The average Bonchev–Trinajstić information content (AvgIpc) is 3.11. The number of ether oxygens (including phenoxy) is 1. The Kier molecular flexibility index (Phi) is 4.17. The molecule has 4 rings (SSSR count). The van der Waals surface area contributed by atoms with Crippen LogP contribution in [0.25, 0.3) is 0 Å². The van der Waals surface area contributed by atoms with Crippen molar-refractivity contribution >= 4 is 5.69 Å². The molecular weight excluding hydrogens is 339 g/mol. The van der Waals surface area contributed by atoms with Crippen molar-refractivity contribution in [2.24, 2.45) is 5.92 Å². The lowest BCUT2D eigenvalue weighted by Crippen LogP contribution is -2.31. The van der Waals surface area contributed by atoms with Crippen molar-refractivity contribution in [2.45, 2.75) is 31.5 Å². The molecule has 0 unspecified atom stereocenters. The van der Waals surface area contributed by atoms with Gasteiger partial charge in [-0.2, -0.15) is 13.2 Å². The lowest BCUT2D eigenvalue weighted by molar-refractivity contribution is -0.138. The summed E-state index contributed by atoms with van der Waals surface area (Å²) in [5.41, 5.74) is 1.63. The van der Waals surface area contributed by atoms with Gasteiger partial charge in [0.15, 0.2) is 0 Å². The van der Waals surface area contributed by atoms with E-state index in [9.17, 15) is 13.2 Å². The summed E-state index contributed by atoms with van der Waals surface area (Å²) < 4.78 is 46.5. The van der Waals surface area contributed by atoms with Crippen LogP contribution in [-0.4, -0.2) is 6.61 Å². The first kappa shape index (κ1) is 17.0. The molecule has 5 heteroatoms. The smallest absolute Gasteiger partial charge is 0.416 e. The molecule has 0 bridgehead atoms. The Morgan fingerprint density at radius 2 is 1.85 bits per heavy atom. The molecule has 0 spiro atoms. The minimum Gasteiger partial charge on any atom is -0.492 e. The fourth-order valence-electron chi connectivity index (χ4n) is 4.20. The van der Waals surface area contributed by atoms with Crippen molar-refractivity contribution in [3.05, 3.63) is 71.3 Å². The molecule has 2 aliphatic rings. The molecule has 2 nitrogen and oxygen atoms in total. The number of para-hydroxylation sites is 1. The van der Waals surface area contributed by atoms with Crippen LogP contribution < -0.4 is 10.1 Å². The number of hydrogen-bond donors (Lipinski definition) is 1. The monoisotopic (exact) mass is 359 g/mol. The predicted octanol–water partition coefficient (Wildman–Crippen LogP) is 5.93. The molecule has 2 aromatic rings. The van der Waals surface area contributed by atoms with Gasteiger partial charge in [-0.05, 0) is 42.5 Å². The summed E-state index contributed by atoms with van der Waals surface area (Å²) in [6.45, 7) is 2.41. The van der Waals surface area contributed by atoms with Crippen molar-refractivity contribution in [3.63, 3.8) is 0 Å². The van der Waals surface area contributed by atoms with E-state index in [1.807, 2.05) is 25.1 Å². The molecule has 1 heterocycles. The Balaban J connectivity index is 1.84. The third kappa shape index (κ3) is 2.75. The van der Waals surface area contributed by atoms with Gasteiger partial charge in [0, 0.05) is 5.92 Å². The normalized spacial score (nSPS) is 23.9. The van der Waals surface area contributed by atoms with Gasteiger partial charge in [-0.1, -0.05) is 42.5 Å². The molecule has 2 aromatic carbocycles. The third-order valence-corrected chi connectivity index (χ3v) is 5.26. The predicted molar refractivity (Wildman–Crippen MR) is 95.4 cm³/mol. The number of fused-ring (bicyclic) bond motifs is 3. The van der Waals surface area contributed by atoms with Crippen LogP contribution in [0.3, 0.4) is 0 Å². The van der Waals surface area contributed by atoms with Crippen molar-refractivity contribution in [2.75, 3.05) is 11.9 Å². The molecule has 0 aromatic heterocycles. The van der Waals surface area contributed by atoms with Crippen LogP contribution in [0.5, 0.6) is 5.75 Å². The fraction of sp³-hybridized carbons (Fsp3) is 0.333. The summed E-state index contributed by atoms with van der Waals surface area (Å²) in [6, 6.07) is 11.3. The molecule has 0 amide bonds. The molecule has 1 aliphatic carbocycles. The maximum absolute atomic E-state index is 13.6. The van der Waals surface area contributed by atoms with E-state index in [2.05, 4.69) is 17.5 Å². The number of benzene rings is 2. The number of nitrogens with one attached hydrogen (secondary N) is 1. The summed E-state index contributed by atoms with van der Waals surface area (Å²) in [5.74, 6) is 0.846. The first-order valence-electron chi connectivity index (χ1n) is 8.85. The van der Waals surface area contributed by atoms with Gasteiger partial charge in [0.1, 0.15) is 5.75 Å². The van der Waals surface area contributed by atoms with E-state index in [0.29, 0.717) is 17.9 Å². The van der Waals surface area contributed by atoms with E-state index in [1.54, 1.807) is 12.1 Å². The number of halogens is 3. The quantitative estimate of drug-likeness (QED) is 0.686. The largest absolute Gasteiger partial charge is 0.492 e. The molecule has 0 saturated carbocycles. The molecule has 136 valence electrons. The van der Waals surface area contributed by atoms with E-state index in [-0.39, 0.29) is 11.8 Å². The second kappa shape index (κ2) is 6.38. The molecule has 1 N–H and O–H groups in total. The highest BCUT2D eigenvalue weighted by molar-refractivity contribution is 5.68. The zero-order valence-electron chi connectivity index (χ0n) is 14.4. The van der Waals surface area contributed by atoms with Gasteiger partial charge in [-0.3, -0.25) is 0 Å². The van der Waals surface area contributed by atoms with Crippen molar-refractivity contribution in [1.82, 2.24) is 0 Å². The number of allylic oxidation sites excluding steroid dienone is 2. The number of anilines is 1. The van der Waals surface area contributed by atoms with E-state index in [1.165, 1.54) is 12.1 Å². The zero-order chi connectivity index (χ0) is 18.3. The molecule has 0 saturated heterocycles. The van der Waals surface area contributed by atoms with Gasteiger partial charge in [0.25, 0.3) is 0 Å². The van der Waals surface area contributed by atoms with Gasteiger partial charge < -0.3 is 10.1 Å². The van der Waals surface area contributed by atoms with Crippen LogP contribution >= 0.6 is 0 Å². The minimum atomic E-state index is -4.38. The third-order valence-electron chi connectivity index (χ3n) is 5.26. The topological polar surface area (TPSA) is 21.3 Å². The van der Waals surface area contributed by atoms with E-state index in [0.717, 1.165) is 17.7 Å². The standard InChI is InChI=1S/C21H20F3NO/c1-2-26-18-12-6-10-15-13-8-5-9-14(13)19(25-20(15)18)16-7-3-4-11-17(16)21(22,23)24/h3-8,10-14,19,25H,2,9H2,1H3/t13-,14-,19+/m1/s1. The van der Waals surface area contributed by atoms with Crippen molar-refractivity contribution in [3.8, 4) is 5.75 Å². The van der Waals surface area contributed by atoms with Gasteiger partial charge in [-0.15, -0.1) is 0 Å². The first-order valence-corrected chi connectivity index (χ1v) is 8.85. The summed E-state index contributed by atoms with van der Waals surface area (Å²) in [4.78, 5) is 0. The highest BCUT2D eigenvalue weighted by atomic mass is 19.4. The van der Waals surface area contributed by atoms with E-state index >= 15 is 0 Å². The van der Waals surface area contributed by atoms with Gasteiger partial charge >= 0.3 is 6.18 Å². The van der Waals surface area contributed by atoms with Gasteiger partial charge in [-0.25, -0.2) is 0 Å². The van der Waals surface area contributed by atoms with E-state index in [4.69, 9.17) is 4.74 Å². The van der Waals surface area contributed by atoms with E-state index < -0.39 is 17.8 Å². The highest BCUT2D eigenvalue weighted by Gasteiger charge is 2.43. The van der Waals surface area contributed by atoms with Crippen LogP contribution in [0.1, 0.15) is 42.0 Å². The van der Waals surface area contributed by atoms with Crippen LogP contribution in [0, 0.1) is 5.92 Å². The Labute approximate surface area is 150 Å². The van der Waals surface area contributed by atoms with Crippen LogP contribution in [0.15, 0.2) is 54.6 Å². The number of rotatable bonds is 3. The zero-order valence-corrected chi connectivity index (χ0v) is 14.4. The van der Waals surface area contributed by atoms with Crippen LogP contribution in [0.2, 0.25) is 0 Å². The molecule has 1 aliphatic heterocycles. The Hall–Kier alpha value is -2.43. The summed E-state index contributed by atoms with van der Waals surface area (Å²) >= 11 is 0. The lowest BCUT2D eigenvalue weighted by Gasteiger charge is -2.39. The number of alkyl halides is 3. The fourth-order valence-corrected chi connectivity index (χ4v) is 4.20. The maximum Gasteiger partial charge on any atom is 0.416 e. The lowest BCUT2D eigenvalue weighted by atomic mass is 9.76. The van der Waals surface area contributed by atoms with Crippen LogP contribution in [-0.2, 0) is 6.18 Å². The molecule has 3 atom stereocenters. The summed E-state index contributed by atoms with van der Waals surface area (Å²) in [7, 11) is 0. The van der Waals surface area contributed by atoms with Crippen molar-refractivity contribution < 1.29 is 17.9 Å². The second-order valence-corrected chi connectivity index (χ2v) is 6.71. The SMILES string of the molecule is CCOc1cccc2c1N[C@H](c1ccccc1C(F)(F)F)[C@@H]1CC=C[C@@H]21. The van der Waals surface area contributed by atoms with Gasteiger partial charge in [0.05, 0.1) is 23.9 Å². The molecular formula is C21H20F3NO. The summed E-state index contributed by atoms with van der Waals surface area (Å²) in [5, 5.41) is 3.39. The highest BCUT2D eigenvalue weighted by Crippen LogP contribution is 2.53. The number of hydrogen-bond acceptors (Lipinski definition) is 2.